The molecule has 714 valence electrons. The lowest BCUT2D eigenvalue weighted by atomic mass is 9.99. The predicted octanol–water partition coefficient (Wildman–Crippen LogP) is 23.2. The molecule has 17 nitrogen and oxygen atoms in total. The van der Waals surface area contributed by atoms with Crippen LogP contribution in [0.5, 0.6) is 34.5 Å². The van der Waals surface area contributed by atoms with Crippen molar-refractivity contribution in [2.45, 2.75) is 71.9 Å². The number of halogens is 15. The Kier molecular flexibility index (Phi) is 39.9. The van der Waals surface area contributed by atoms with E-state index in [0.717, 1.165) is 17.5 Å². The van der Waals surface area contributed by atoms with Crippen LogP contribution in [0.15, 0.2) is 291 Å². The molecule has 14 aromatic carbocycles. The van der Waals surface area contributed by atoms with Crippen LogP contribution in [-0.4, -0.2) is 48.0 Å². The number of rotatable bonds is 33. The lowest BCUT2D eigenvalue weighted by Crippen LogP contribution is -2.24. The summed E-state index contributed by atoms with van der Waals surface area (Å²) in [6, 6.07) is 80.6. The molecule has 1 heterocycles. The quantitative estimate of drug-likeness (QED) is 0.0273. The van der Waals surface area contributed by atoms with Crippen LogP contribution in [0, 0.1) is 29.1 Å². The van der Waals surface area contributed by atoms with Crippen LogP contribution in [0.3, 0.4) is 0 Å². The zero-order chi connectivity index (χ0) is 99.9. The molecule has 0 bridgehead atoms. The third kappa shape index (κ3) is 29.0. The molecule has 15 aromatic rings. The van der Waals surface area contributed by atoms with E-state index >= 15 is 0 Å². The molecule has 0 atom stereocenters. The van der Waals surface area contributed by atoms with Crippen molar-refractivity contribution in [1.29, 1.82) is 0 Å². The van der Waals surface area contributed by atoms with Crippen molar-refractivity contribution in [2.75, 3.05) is 13.2 Å². The lowest BCUT2D eigenvalue weighted by molar-refractivity contribution is -0.256. The summed E-state index contributed by atoms with van der Waals surface area (Å²) in [4.78, 5) is 60.7. The van der Waals surface area contributed by atoms with Gasteiger partial charge in [-0.15, -0.1) is 0 Å². The summed E-state index contributed by atoms with van der Waals surface area (Å²) in [6.45, 7) is 1.51. The molecule has 0 spiro atoms. The van der Waals surface area contributed by atoms with E-state index in [1.165, 1.54) is 79.3 Å². The van der Waals surface area contributed by atoms with Gasteiger partial charge >= 0.3 is 0 Å². The number of carbonyl (C=O) groups excluding carboxylic acids is 5. The Hall–Kier alpha value is -13.1. The van der Waals surface area contributed by atoms with Crippen LogP contribution >= 0.6 is 116 Å². The fourth-order valence-electron chi connectivity index (χ4n) is 13.8. The highest BCUT2D eigenvalue weighted by atomic mass is 35.5. The molecule has 139 heavy (non-hydrogen) atoms. The summed E-state index contributed by atoms with van der Waals surface area (Å²) in [5.74, 6) is -12.9. The maximum atomic E-state index is 14.3. The number of pyridine rings is 1. The Morgan fingerprint density at radius 3 is 0.885 bits per heavy atom. The molecule has 0 aliphatic rings. The van der Waals surface area contributed by atoms with Gasteiger partial charge in [0.2, 0.25) is 11.6 Å². The SMILES string of the molecule is CCOc1c(F)c(F)c(COc2ccc(Cl)c(Cc3ccccc3C(=O)[O-])c2Cl)c(F)c1F.O=C([O-])c1ccccc1Cc1c(Cl)ccc(OCCc2ccccc2)c1Cl.O=C([O-])c1ccccc1Cc1c(Cl)ccc(OCc2ccccc2)c1Cl.O=C([O-])c1ccccc1Cc1c(Cl)ccc(OCc2ccccc2F)c1Cl.O=C([O-])c1cccnc1Cc1c(Cl)ccc(OCc2ccccc2)c1Cl. The molecule has 15 rings (SSSR count). The van der Waals surface area contributed by atoms with Gasteiger partial charge in [-0.2, -0.15) is 8.78 Å². The van der Waals surface area contributed by atoms with Crippen LogP contribution in [0.1, 0.15) is 142 Å². The zero-order valence-corrected chi connectivity index (χ0v) is 80.4. The predicted molar refractivity (Wildman–Crippen MR) is 518 cm³/mol. The Balaban J connectivity index is 0.000000167. The van der Waals surface area contributed by atoms with Crippen LogP contribution in [-0.2, 0) is 65.0 Å². The molecule has 0 N–H and O–H groups in total. The first-order chi connectivity index (χ1) is 66.8. The standard InChI is InChI=1S/C23H16Cl2F4O4.C22H18Cl2O3.C21H15Cl2FO3.C21H16Cl2O3.C20H15Cl2NO3/c1-2-32-22-20(28)18(26)14(19(27)21(22)29)10-33-16-8-7-15(24)13(17(16)25)9-11-5-3-4-6-12(11)23(30)31;23-19-10-11-20(27-13-12-15-6-2-1-3-7-15)21(24)18(19)14-16-8-4-5-9-17(16)22(25)26;22-17-9-10-19(27-12-14-6-2-4-8-18(14)24)20(23)16(17)11-13-5-1-3-7-15(13)21(25)26;22-18-10-11-19(26-13-14-6-2-1-3-7-14)20(23)17(18)12-15-8-4-5-9-16(15)21(24)25;21-16-8-9-18(26-12-13-5-2-1-3-6-13)19(22)15(16)11-17-14(20(24)25)7-4-10-23-17/h3-8H,2,9-10H2,1H3,(H,30,31);1-11H,12-14H2,(H,25,26);1-10H,11-12H2,(H,25,26);1-11H,12-13H2,(H,24,25);1-10H,11-12H2,(H,24,25)/p-5. The number of aromatic nitrogens is 1. The van der Waals surface area contributed by atoms with E-state index in [1.54, 1.807) is 133 Å². The summed E-state index contributed by atoms with van der Waals surface area (Å²) in [6.07, 6.45) is 3.14. The number of carboxylic acid groups (broad SMARTS) is 5. The van der Waals surface area contributed by atoms with Crippen LogP contribution < -0.4 is 54.0 Å². The van der Waals surface area contributed by atoms with E-state index in [1.807, 2.05) is 91.0 Å². The molecule has 0 aliphatic carbocycles. The fourth-order valence-corrected chi connectivity index (χ4v) is 16.6. The van der Waals surface area contributed by atoms with Gasteiger partial charge in [-0.25, -0.2) is 13.2 Å². The smallest absolute Gasteiger partial charge is 0.204 e. The number of aromatic carboxylic acids is 5. The molecule has 0 saturated heterocycles. The molecular formula is C107H75Cl10F5NO16-5. The Labute approximate surface area is 845 Å². The first-order valence-electron chi connectivity index (χ1n) is 42.0. The third-order valence-corrected chi connectivity index (χ3v) is 24.7. The number of hydrogen-bond acceptors (Lipinski definition) is 17. The number of benzene rings is 14. The second-order valence-corrected chi connectivity index (χ2v) is 33.9. The molecule has 0 unspecified atom stereocenters. The van der Waals surface area contributed by atoms with E-state index < -0.39 is 71.0 Å². The second-order valence-electron chi connectivity index (χ2n) is 29.9. The van der Waals surface area contributed by atoms with Gasteiger partial charge in [0.05, 0.1) is 79.4 Å². The molecule has 32 heteroatoms. The van der Waals surface area contributed by atoms with Gasteiger partial charge < -0.3 is 77.9 Å². The van der Waals surface area contributed by atoms with E-state index in [0.29, 0.717) is 134 Å². The van der Waals surface area contributed by atoms with Crippen molar-refractivity contribution in [1.82, 2.24) is 4.98 Å². The highest BCUT2D eigenvalue weighted by Gasteiger charge is 2.29. The lowest BCUT2D eigenvalue weighted by Gasteiger charge is -2.16. The number of hydrogen-bond donors (Lipinski definition) is 0. The van der Waals surface area contributed by atoms with Crippen molar-refractivity contribution in [2.24, 2.45) is 0 Å². The summed E-state index contributed by atoms with van der Waals surface area (Å²) < 4.78 is 104. The number of ether oxygens (including phenoxy) is 6. The normalized spacial score (nSPS) is 10.6. The van der Waals surface area contributed by atoms with E-state index in [-0.39, 0.29) is 105 Å². The average Bonchev–Trinajstić information content (AvgIpc) is 0.783. The van der Waals surface area contributed by atoms with Gasteiger partial charge in [0.15, 0.2) is 17.4 Å². The van der Waals surface area contributed by atoms with E-state index in [2.05, 4.69) is 9.72 Å². The minimum atomic E-state index is -1.68. The summed E-state index contributed by atoms with van der Waals surface area (Å²) in [5, 5.41) is 59.7. The Bertz CT molecular complexity index is 6710. The monoisotopic (exact) mass is 2070 g/mol. The number of nitrogens with zero attached hydrogens (tertiary/aromatic N) is 1. The molecule has 0 fully saturated rings. The zero-order valence-electron chi connectivity index (χ0n) is 72.8. The molecule has 0 amide bonds. The van der Waals surface area contributed by atoms with Gasteiger partial charge in [0, 0.05) is 103 Å². The van der Waals surface area contributed by atoms with Crippen LogP contribution in [0.2, 0.25) is 50.2 Å². The second kappa shape index (κ2) is 52.1. The van der Waals surface area contributed by atoms with Crippen molar-refractivity contribution in [3.63, 3.8) is 0 Å². The van der Waals surface area contributed by atoms with Gasteiger partial charge in [0.25, 0.3) is 0 Å². The van der Waals surface area contributed by atoms with E-state index in [4.69, 9.17) is 140 Å². The van der Waals surface area contributed by atoms with Crippen LogP contribution in [0.4, 0.5) is 22.0 Å². The highest BCUT2D eigenvalue weighted by Crippen LogP contribution is 2.43. The highest BCUT2D eigenvalue weighted by molar-refractivity contribution is 6.39. The summed E-state index contributed by atoms with van der Waals surface area (Å²) >= 11 is 63.6. The maximum absolute atomic E-state index is 14.3. The number of carbonyl (C=O) groups is 5. The first kappa shape index (κ1) is 106. The van der Waals surface area contributed by atoms with Crippen LogP contribution in [0.25, 0.3) is 0 Å². The third-order valence-electron chi connectivity index (χ3n) is 20.9. The minimum Gasteiger partial charge on any atom is -0.545 e. The Morgan fingerprint density at radius 2 is 0.554 bits per heavy atom. The fraction of sp³-hybridized carbons (Fsp3) is 0.121. The van der Waals surface area contributed by atoms with Gasteiger partial charge in [0.1, 0.15) is 61.0 Å². The molecule has 0 saturated carbocycles. The van der Waals surface area contributed by atoms with Crippen molar-refractivity contribution in [3.05, 3.63) is 482 Å². The number of carboxylic acids is 5. The topological polar surface area (TPSA) is 269 Å². The average molecular weight is 2080 g/mol. The van der Waals surface area contributed by atoms with Crippen molar-refractivity contribution < 1.29 is 99.9 Å². The van der Waals surface area contributed by atoms with Crippen molar-refractivity contribution >= 4 is 146 Å². The molecule has 1 aromatic heterocycles. The van der Waals surface area contributed by atoms with E-state index in [9.17, 15) is 71.5 Å². The Morgan fingerprint density at radius 1 is 0.273 bits per heavy atom. The first-order valence-corrected chi connectivity index (χ1v) is 45.7. The summed E-state index contributed by atoms with van der Waals surface area (Å²) in [5.41, 5.74) is 7.82. The molecule has 0 aliphatic heterocycles. The largest absolute Gasteiger partial charge is 0.545 e. The molecular weight excluding hydrogens is 2000 g/mol. The maximum Gasteiger partial charge on any atom is 0.204 e. The van der Waals surface area contributed by atoms with Gasteiger partial charge in [-0.3, -0.25) is 4.98 Å². The van der Waals surface area contributed by atoms with Gasteiger partial charge in [-0.05, 0) is 153 Å². The summed E-state index contributed by atoms with van der Waals surface area (Å²) in [7, 11) is 0. The minimum absolute atomic E-state index is 0.00307. The molecule has 0 radical (unpaired) electrons. The van der Waals surface area contributed by atoms with Crippen molar-refractivity contribution in [3.8, 4) is 34.5 Å². The van der Waals surface area contributed by atoms with Gasteiger partial charge in [-0.1, -0.05) is 322 Å².